The molecule has 13 heavy (non-hydrogen) atoms. The van der Waals surface area contributed by atoms with Gasteiger partial charge in [0.2, 0.25) is 0 Å². The molecule has 0 fully saturated rings. The van der Waals surface area contributed by atoms with Crippen molar-refractivity contribution in [1.29, 1.82) is 0 Å². The van der Waals surface area contributed by atoms with E-state index in [0.29, 0.717) is 4.88 Å². The van der Waals surface area contributed by atoms with Crippen LogP contribution in [0.3, 0.4) is 0 Å². The Morgan fingerprint density at radius 1 is 1.46 bits per heavy atom. The lowest BCUT2D eigenvalue weighted by atomic mass is 10.1. The molecule has 3 nitrogen and oxygen atoms in total. The second-order valence-corrected chi connectivity index (χ2v) is 4.76. The van der Waals surface area contributed by atoms with E-state index in [0.717, 1.165) is 0 Å². The third-order valence-electron chi connectivity index (χ3n) is 1.29. The van der Waals surface area contributed by atoms with Crippen molar-refractivity contribution in [2.45, 2.75) is 26.3 Å². The Labute approximate surface area is 81.4 Å². The molecule has 1 N–H and O–H groups in total. The number of carbonyl (C=O) groups excluding carboxylic acids is 1. The molecule has 0 saturated heterocycles. The summed E-state index contributed by atoms with van der Waals surface area (Å²) in [6.07, 6.45) is 0. The molecule has 0 aliphatic heterocycles. The highest BCUT2D eigenvalue weighted by atomic mass is 32.1. The summed E-state index contributed by atoms with van der Waals surface area (Å²) in [7, 11) is 0. The van der Waals surface area contributed by atoms with Crippen LogP contribution >= 0.6 is 11.3 Å². The predicted octanol–water partition coefficient (Wildman–Crippen LogP) is 2.42. The summed E-state index contributed by atoms with van der Waals surface area (Å²) in [6.45, 7) is 5.70. The Balaban J connectivity index is 2.70. The van der Waals surface area contributed by atoms with Crippen LogP contribution in [-0.4, -0.2) is 11.4 Å². The second kappa shape index (κ2) is 3.38. The Hall–Kier alpha value is -1.03. The topological polar surface area (TPSA) is 49.0 Å². The van der Waals surface area contributed by atoms with E-state index in [-0.39, 0.29) is 17.2 Å². The summed E-state index contributed by atoms with van der Waals surface area (Å²) in [5.41, 5.74) is -0.260. The minimum Gasteiger partial charge on any atom is -0.347 e. The van der Waals surface area contributed by atoms with Gasteiger partial charge >= 0.3 is 0 Å². The van der Waals surface area contributed by atoms with E-state index in [4.69, 9.17) is 0 Å². The molecule has 0 aliphatic carbocycles. The SMILES string of the molecule is CC(C)(C)NC(=O)c1cc([O])cs1. The fourth-order valence-corrected chi connectivity index (χ4v) is 1.49. The van der Waals surface area contributed by atoms with Crippen LogP contribution in [0.25, 0.3) is 0 Å². The zero-order valence-corrected chi connectivity index (χ0v) is 8.70. The van der Waals surface area contributed by atoms with Gasteiger partial charge in [-0.05, 0) is 20.8 Å². The molecule has 1 radical (unpaired) electrons. The van der Waals surface area contributed by atoms with E-state index in [9.17, 15) is 9.90 Å². The molecule has 0 atom stereocenters. The van der Waals surface area contributed by atoms with E-state index >= 15 is 0 Å². The van der Waals surface area contributed by atoms with Crippen molar-refractivity contribution in [3.05, 3.63) is 16.3 Å². The fourth-order valence-electron chi connectivity index (χ4n) is 0.840. The summed E-state index contributed by atoms with van der Waals surface area (Å²) in [5.74, 6) is -0.288. The number of carbonyl (C=O) groups is 1. The summed E-state index contributed by atoms with van der Waals surface area (Å²) in [6, 6.07) is 1.35. The quantitative estimate of drug-likeness (QED) is 0.740. The van der Waals surface area contributed by atoms with E-state index in [2.05, 4.69) is 5.32 Å². The third-order valence-corrected chi connectivity index (χ3v) is 2.20. The van der Waals surface area contributed by atoms with E-state index in [1.165, 1.54) is 22.8 Å². The first kappa shape index (κ1) is 10.1. The van der Waals surface area contributed by atoms with Crippen LogP contribution in [0.2, 0.25) is 0 Å². The smallest absolute Gasteiger partial charge is 0.261 e. The fraction of sp³-hybridized carbons (Fsp3) is 0.444. The van der Waals surface area contributed by atoms with Crippen molar-refractivity contribution >= 4 is 17.2 Å². The summed E-state index contributed by atoms with van der Waals surface area (Å²) in [5, 5.41) is 15.0. The monoisotopic (exact) mass is 198 g/mol. The van der Waals surface area contributed by atoms with Gasteiger partial charge in [0.1, 0.15) is 0 Å². The minimum absolute atomic E-state index is 0.107. The van der Waals surface area contributed by atoms with Crippen molar-refractivity contribution in [3.63, 3.8) is 0 Å². The van der Waals surface area contributed by atoms with Crippen LogP contribution < -0.4 is 5.32 Å². The average molecular weight is 198 g/mol. The first-order valence-electron chi connectivity index (χ1n) is 3.96. The highest BCUT2D eigenvalue weighted by molar-refractivity contribution is 7.12. The van der Waals surface area contributed by atoms with Crippen LogP contribution in [0.15, 0.2) is 11.4 Å². The van der Waals surface area contributed by atoms with Gasteiger partial charge in [-0.1, -0.05) is 0 Å². The minimum atomic E-state index is -0.260. The van der Waals surface area contributed by atoms with Gasteiger partial charge in [-0.3, -0.25) is 9.90 Å². The number of amides is 1. The molecule has 4 heteroatoms. The van der Waals surface area contributed by atoms with Gasteiger partial charge in [0.15, 0.2) is 5.75 Å². The van der Waals surface area contributed by atoms with Crippen LogP contribution in [0.1, 0.15) is 30.4 Å². The number of thiophene rings is 1. The lowest BCUT2D eigenvalue weighted by Crippen LogP contribution is -2.40. The lowest BCUT2D eigenvalue weighted by molar-refractivity contribution is 0.0923. The largest absolute Gasteiger partial charge is 0.347 e. The average Bonchev–Trinajstić information content (AvgIpc) is 2.31. The highest BCUT2D eigenvalue weighted by Crippen LogP contribution is 2.20. The van der Waals surface area contributed by atoms with Crippen molar-refractivity contribution in [2.75, 3.05) is 0 Å². The Kier molecular flexibility index (Phi) is 2.61. The molecule has 0 saturated carbocycles. The molecule has 1 heterocycles. The molecule has 1 amide bonds. The van der Waals surface area contributed by atoms with Gasteiger partial charge in [-0.15, -0.1) is 11.3 Å². The normalized spacial score (nSPS) is 11.3. The Bertz CT molecular complexity index is 312. The van der Waals surface area contributed by atoms with Gasteiger partial charge in [0, 0.05) is 17.0 Å². The highest BCUT2D eigenvalue weighted by Gasteiger charge is 2.16. The van der Waals surface area contributed by atoms with Crippen LogP contribution in [0.4, 0.5) is 0 Å². The number of hydrogen-bond acceptors (Lipinski definition) is 2. The van der Waals surface area contributed by atoms with Crippen molar-refractivity contribution in [3.8, 4) is 5.75 Å². The van der Waals surface area contributed by atoms with Gasteiger partial charge in [-0.25, -0.2) is 0 Å². The van der Waals surface area contributed by atoms with E-state index < -0.39 is 0 Å². The number of rotatable bonds is 1. The summed E-state index contributed by atoms with van der Waals surface area (Å²) < 4.78 is 0. The zero-order valence-electron chi connectivity index (χ0n) is 7.88. The standard InChI is InChI=1S/C9H12NO2S/c1-9(2,3)10-8(12)7-4-6(11)5-13-7/h4-5H,1-3H3,(H,10,12). The molecular weight excluding hydrogens is 186 g/mol. The molecule has 1 aromatic rings. The zero-order chi connectivity index (χ0) is 10.1. The lowest BCUT2D eigenvalue weighted by Gasteiger charge is -2.19. The molecule has 1 rings (SSSR count). The van der Waals surface area contributed by atoms with Crippen molar-refractivity contribution in [2.24, 2.45) is 0 Å². The van der Waals surface area contributed by atoms with Crippen LogP contribution in [0.5, 0.6) is 5.75 Å². The maximum atomic E-state index is 11.4. The van der Waals surface area contributed by atoms with Crippen molar-refractivity contribution < 1.29 is 9.90 Å². The van der Waals surface area contributed by atoms with E-state index in [1.54, 1.807) is 0 Å². The maximum absolute atomic E-state index is 11.4. The van der Waals surface area contributed by atoms with Gasteiger partial charge < -0.3 is 5.32 Å². The summed E-state index contributed by atoms with van der Waals surface area (Å²) >= 11 is 1.17. The maximum Gasteiger partial charge on any atom is 0.261 e. The van der Waals surface area contributed by atoms with Gasteiger partial charge in [-0.2, -0.15) is 0 Å². The molecule has 0 bridgehead atoms. The van der Waals surface area contributed by atoms with Crippen LogP contribution in [0, 0.1) is 0 Å². The van der Waals surface area contributed by atoms with Crippen LogP contribution in [-0.2, 0) is 5.11 Å². The molecule has 0 aliphatic rings. The predicted molar refractivity (Wildman–Crippen MR) is 51.7 cm³/mol. The third kappa shape index (κ3) is 3.06. The summed E-state index contributed by atoms with van der Waals surface area (Å²) in [4.78, 5) is 11.9. The van der Waals surface area contributed by atoms with Gasteiger partial charge in [0.05, 0.1) is 4.88 Å². The number of hydrogen-bond donors (Lipinski definition) is 1. The molecule has 0 unspecified atom stereocenters. The first-order valence-corrected chi connectivity index (χ1v) is 4.84. The molecule has 0 spiro atoms. The van der Waals surface area contributed by atoms with Gasteiger partial charge in [0.25, 0.3) is 5.91 Å². The molecule has 71 valence electrons. The first-order chi connectivity index (χ1) is 5.88. The second-order valence-electron chi connectivity index (χ2n) is 3.85. The molecular formula is C9H12NO2S. The Morgan fingerprint density at radius 2 is 2.08 bits per heavy atom. The molecule has 1 aromatic heterocycles. The van der Waals surface area contributed by atoms with Crippen molar-refractivity contribution in [1.82, 2.24) is 5.32 Å². The Morgan fingerprint density at radius 3 is 2.46 bits per heavy atom. The molecule has 0 aromatic carbocycles. The number of nitrogens with one attached hydrogen (secondary N) is 1. The van der Waals surface area contributed by atoms with E-state index in [1.807, 2.05) is 20.8 Å².